The quantitative estimate of drug-likeness (QED) is 0.571. The lowest BCUT2D eigenvalue weighted by Crippen LogP contribution is -2.10. The average Bonchev–Trinajstić information content (AvgIpc) is 1.86. The molecule has 0 rings (SSSR count). The van der Waals surface area contributed by atoms with Crippen molar-refractivity contribution in [3.05, 3.63) is 0 Å². The first kappa shape index (κ1) is 9.15. The van der Waals surface area contributed by atoms with E-state index in [0.29, 0.717) is 6.16 Å². The summed E-state index contributed by atoms with van der Waals surface area (Å²) in [7, 11) is 2.57. The van der Waals surface area contributed by atoms with Crippen LogP contribution in [0.25, 0.3) is 0 Å². The zero-order chi connectivity index (χ0) is 7.49. The van der Waals surface area contributed by atoms with Crippen molar-refractivity contribution in [1.29, 1.82) is 0 Å². The van der Waals surface area contributed by atoms with E-state index in [1.165, 1.54) is 7.11 Å². The molecule has 0 amide bonds. The molecular weight excluding hydrogens is 137 g/mol. The predicted molar refractivity (Wildman–Crippen MR) is 38.8 cm³/mol. The first-order valence-corrected chi connectivity index (χ1v) is 4.65. The van der Waals surface area contributed by atoms with Crippen molar-refractivity contribution < 1.29 is 9.09 Å². The summed E-state index contributed by atoms with van der Waals surface area (Å²) >= 11 is 0. The topological polar surface area (TPSA) is 29.5 Å². The molecule has 0 saturated heterocycles. The maximum atomic E-state index is 11.4. The van der Waals surface area contributed by atoms with Gasteiger partial charge in [0, 0.05) is 13.3 Å². The van der Waals surface area contributed by atoms with Gasteiger partial charge in [0.15, 0.2) is 0 Å². The van der Waals surface area contributed by atoms with Crippen LogP contribution < -0.4 is 0 Å². The maximum absolute atomic E-state index is 11.4. The molecule has 0 spiro atoms. The van der Waals surface area contributed by atoms with Gasteiger partial charge in [-0.15, -0.1) is 0 Å². The van der Waals surface area contributed by atoms with Crippen molar-refractivity contribution >= 4 is 7.52 Å². The standard InChI is InChI=1S/C5H14NO2P/c1-5-9(7,8-4)6(2)3/h5H2,1-4H3. The molecule has 9 heavy (non-hydrogen) atoms. The highest BCUT2D eigenvalue weighted by molar-refractivity contribution is 7.56. The Morgan fingerprint density at radius 3 is 2.00 bits per heavy atom. The van der Waals surface area contributed by atoms with Crippen LogP contribution in [0.2, 0.25) is 0 Å². The summed E-state index contributed by atoms with van der Waals surface area (Å²) < 4.78 is 17.8. The van der Waals surface area contributed by atoms with Gasteiger partial charge in [-0.2, -0.15) is 0 Å². The van der Waals surface area contributed by atoms with E-state index in [1.54, 1.807) is 18.8 Å². The third-order valence-electron chi connectivity index (χ3n) is 1.29. The van der Waals surface area contributed by atoms with Gasteiger partial charge < -0.3 is 4.52 Å². The molecule has 0 aliphatic heterocycles. The summed E-state index contributed by atoms with van der Waals surface area (Å²) in [5.74, 6) is 0. The summed E-state index contributed by atoms with van der Waals surface area (Å²) in [5.41, 5.74) is 0. The number of hydrogen-bond donors (Lipinski definition) is 0. The van der Waals surface area contributed by atoms with Crippen molar-refractivity contribution in [2.75, 3.05) is 27.4 Å². The van der Waals surface area contributed by atoms with E-state index in [9.17, 15) is 4.57 Å². The largest absolute Gasteiger partial charge is 0.321 e. The number of nitrogens with zero attached hydrogens (tertiary/aromatic N) is 1. The molecule has 0 aliphatic carbocycles. The Hall–Kier alpha value is 0.150. The fourth-order valence-electron chi connectivity index (χ4n) is 0.575. The monoisotopic (exact) mass is 151 g/mol. The van der Waals surface area contributed by atoms with Gasteiger partial charge in [0.25, 0.3) is 7.52 Å². The second kappa shape index (κ2) is 3.35. The van der Waals surface area contributed by atoms with Gasteiger partial charge in [0.2, 0.25) is 0 Å². The summed E-state index contributed by atoms with van der Waals surface area (Å²) in [6.45, 7) is 1.85. The Labute approximate surface area is 56.5 Å². The molecule has 1 atom stereocenters. The van der Waals surface area contributed by atoms with Crippen LogP contribution >= 0.6 is 7.52 Å². The molecule has 0 saturated carbocycles. The summed E-state index contributed by atoms with van der Waals surface area (Å²) in [4.78, 5) is 0. The highest BCUT2D eigenvalue weighted by Gasteiger charge is 2.20. The molecule has 56 valence electrons. The Kier molecular flexibility index (Phi) is 3.41. The van der Waals surface area contributed by atoms with Gasteiger partial charge in [-0.25, -0.2) is 4.67 Å². The average molecular weight is 151 g/mol. The first-order valence-electron chi connectivity index (χ1n) is 2.89. The van der Waals surface area contributed by atoms with E-state index in [2.05, 4.69) is 0 Å². The zero-order valence-corrected chi connectivity index (χ0v) is 7.31. The van der Waals surface area contributed by atoms with Crippen LogP contribution in [0, 0.1) is 0 Å². The van der Waals surface area contributed by atoms with E-state index >= 15 is 0 Å². The van der Waals surface area contributed by atoms with Crippen LogP contribution in [0.1, 0.15) is 6.92 Å². The Morgan fingerprint density at radius 2 is 2.00 bits per heavy atom. The second-order valence-corrected chi connectivity index (χ2v) is 5.06. The Balaban J connectivity index is 4.11. The fraction of sp³-hybridized carbons (Fsp3) is 1.00. The van der Waals surface area contributed by atoms with Gasteiger partial charge in [0.1, 0.15) is 0 Å². The van der Waals surface area contributed by atoms with Gasteiger partial charge in [0.05, 0.1) is 0 Å². The van der Waals surface area contributed by atoms with Crippen LogP contribution in [0.4, 0.5) is 0 Å². The molecule has 4 heteroatoms. The molecule has 0 aromatic carbocycles. The maximum Gasteiger partial charge on any atom is 0.271 e. The van der Waals surface area contributed by atoms with Crippen LogP contribution in [-0.2, 0) is 9.09 Å². The fourth-order valence-corrected chi connectivity index (χ4v) is 1.73. The Bertz CT molecular complexity index is 116. The summed E-state index contributed by atoms with van der Waals surface area (Å²) in [5, 5.41) is 0. The summed E-state index contributed by atoms with van der Waals surface area (Å²) in [6.07, 6.45) is 0.566. The molecule has 0 radical (unpaired) electrons. The van der Waals surface area contributed by atoms with Crippen molar-refractivity contribution in [3.8, 4) is 0 Å². The van der Waals surface area contributed by atoms with E-state index in [0.717, 1.165) is 0 Å². The van der Waals surface area contributed by atoms with E-state index < -0.39 is 7.52 Å². The minimum Gasteiger partial charge on any atom is -0.321 e. The van der Waals surface area contributed by atoms with Crippen molar-refractivity contribution in [1.82, 2.24) is 4.67 Å². The lowest BCUT2D eigenvalue weighted by molar-refractivity contribution is 0.346. The predicted octanol–water partition coefficient (Wildman–Crippen LogP) is 1.41. The first-order chi connectivity index (χ1) is 4.06. The van der Waals surface area contributed by atoms with Crippen LogP contribution in [0.3, 0.4) is 0 Å². The van der Waals surface area contributed by atoms with E-state index in [1.807, 2.05) is 6.92 Å². The van der Waals surface area contributed by atoms with E-state index in [4.69, 9.17) is 4.52 Å². The van der Waals surface area contributed by atoms with Gasteiger partial charge in [-0.05, 0) is 14.1 Å². The number of rotatable bonds is 3. The molecule has 1 unspecified atom stereocenters. The molecule has 0 fully saturated rings. The number of hydrogen-bond acceptors (Lipinski definition) is 2. The smallest absolute Gasteiger partial charge is 0.271 e. The Morgan fingerprint density at radius 1 is 1.56 bits per heavy atom. The zero-order valence-electron chi connectivity index (χ0n) is 6.42. The SMILES string of the molecule is CCP(=O)(OC)N(C)C. The summed E-state index contributed by atoms with van der Waals surface area (Å²) in [6, 6.07) is 0. The molecule has 0 N–H and O–H groups in total. The van der Waals surface area contributed by atoms with Crippen LogP contribution in [0.5, 0.6) is 0 Å². The van der Waals surface area contributed by atoms with E-state index in [-0.39, 0.29) is 0 Å². The van der Waals surface area contributed by atoms with Crippen molar-refractivity contribution in [3.63, 3.8) is 0 Å². The van der Waals surface area contributed by atoms with Crippen molar-refractivity contribution in [2.24, 2.45) is 0 Å². The molecule has 0 aliphatic rings. The lowest BCUT2D eigenvalue weighted by Gasteiger charge is -2.20. The highest BCUT2D eigenvalue weighted by atomic mass is 31.2. The minimum atomic E-state index is -2.42. The normalized spacial score (nSPS) is 17.9. The van der Waals surface area contributed by atoms with Gasteiger partial charge >= 0.3 is 0 Å². The van der Waals surface area contributed by atoms with Gasteiger partial charge in [-0.3, -0.25) is 4.57 Å². The second-order valence-electron chi connectivity index (χ2n) is 1.98. The molecule has 0 heterocycles. The molecule has 3 nitrogen and oxygen atoms in total. The van der Waals surface area contributed by atoms with Crippen LogP contribution in [-0.4, -0.2) is 32.0 Å². The van der Waals surface area contributed by atoms with Gasteiger partial charge in [-0.1, -0.05) is 6.92 Å². The molecule has 0 aromatic heterocycles. The molecule has 0 aromatic rings. The third kappa shape index (κ3) is 2.09. The lowest BCUT2D eigenvalue weighted by atomic mass is 11.0. The molecule has 0 bridgehead atoms. The third-order valence-corrected chi connectivity index (χ3v) is 3.88. The van der Waals surface area contributed by atoms with Crippen LogP contribution in [0.15, 0.2) is 0 Å². The highest BCUT2D eigenvalue weighted by Crippen LogP contribution is 2.46. The minimum absolute atomic E-state index is 0.566. The molecular formula is C5H14NO2P. The van der Waals surface area contributed by atoms with Crippen molar-refractivity contribution in [2.45, 2.75) is 6.92 Å².